The number of amides is 2. The minimum Gasteiger partial charge on any atom is -0.334 e. The molecule has 1 heterocycles. The molecule has 1 aliphatic rings. The average Bonchev–Trinajstić information content (AvgIpc) is 2.12. The van der Waals surface area contributed by atoms with E-state index in [2.05, 4.69) is 0 Å². The Bertz CT molecular complexity index is 171. The fourth-order valence-electron chi connectivity index (χ4n) is 0.743. The number of carbonyl (C=O) groups excluding carboxylic acids is 2. The van der Waals surface area contributed by atoms with E-state index in [1.54, 1.807) is 7.74 Å². The number of nitrogens with zero attached hydrogens (tertiary/aromatic N) is 1. The molecule has 0 unspecified atom stereocenters. The molecule has 0 radical (unpaired) electrons. The summed E-state index contributed by atoms with van der Waals surface area (Å²) < 4.78 is 0. The molecule has 0 fully saturated rings. The van der Waals surface area contributed by atoms with Crippen molar-refractivity contribution >= 4 is 26.9 Å². The lowest BCUT2D eigenvalue weighted by Crippen LogP contribution is -2.33. The zero-order valence-corrected chi connectivity index (χ0v) is 5.13. The molecule has 0 atom stereocenters. The van der Waals surface area contributed by atoms with Crippen LogP contribution < -0.4 is 0 Å². The van der Waals surface area contributed by atoms with E-state index in [9.17, 15) is 9.59 Å². The van der Waals surface area contributed by atoms with E-state index in [1.807, 2.05) is 0 Å². The van der Waals surface area contributed by atoms with E-state index in [1.165, 1.54) is 17.0 Å². The van der Waals surface area contributed by atoms with Crippen molar-refractivity contribution in [3.63, 3.8) is 0 Å². The van der Waals surface area contributed by atoms with E-state index in [-0.39, 0.29) is 11.8 Å². The highest BCUT2D eigenvalue weighted by molar-refractivity contribution is 6.90. The molecule has 0 saturated heterocycles. The van der Waals surface area contributed by atoms with Crippen LogP contribution in [0.5, 0.6) is 0 Å². The lowest BCUT2D eigenvalue weighted by Gasteiger charge is -2.07. The lowest BCUT2D eigenvalue weighted by molar-refractivity contribution is -0.131. The topological polar surface area (TPSA) is 37.4 Å². The fourth-order valence-corrected chi connectivity index (χ4v) is 0.743. The molecule has 0 spiro atoms. The molecule has 44 valence electrons. The second-order valence-electron chi connectivity index (χ2n) is 1.75. The predicted octanol–water partition coefficient (Wildman–Crippen LogP) is -2.19. The standard InChI is InChI=1S/C4H5B2NO2/c5-6-7-3(8)1-2-4(7)9/h1-2,6H,5H2. The van der Waals surface area contributed by atoms with Gasteiger partial charge in [-0.2, -0.15) is 0 Å². The van der Waals surface area contributed by atoms with Gasteiger partial charge in [-0.15, -0.1) is 0 Å². The highest BCUT2D eigenvalue weighted by atomic mass is 16.2. The average molecular weight is 121 g/mol. The smallest absolute Gasteiger partial charge is 0.240 e. The summed E-state index contributed by atoms with van der Waals surface area (Å²) in [6, 6.07) is 0. The third-order valence-electron chi connectivity index (χ3n) is 1.22. The summed E-state index contributed by atoms with van der Waals surface area (Å²) in [5.41, 5.74) is 0. The molecular weight excluding hydrogens is 116 g/mol. The number of rotatable bonds is 1. The van der Waals surface area contributed by atoms with Crippen LogP contribution in [0.1, 0.15) is 0 Å². The van der Waals surface area contributed by atoms with Crippen molar-refractivity contribution in [3.8, 4) is 0 Å². The molecule has 0 saturated carbocycles. The van der Waals surface area contributed by atoms with Gasteiger partial charge in [-0.1, -0.05) is 0 Å². The van der Waals surface area contributed by atoms with Crippen LogP contribution >= 0.6 is 0 Å². The summed E-state index contributed by atoms with van der Waals surface area (Å²) in [5, 5.41) is 0. The van der Waals surface area contributed by atoms with Crippen LogP contribution in [0.2, 0.25) is 0 Å². The van der Waals surface area contributed by atoms with E-state index < -0.39 is 0 Å². The molecule has 0 N–H and O–H groups in total. The number of hydrogen-bond donors (Lipinski definition) is 0. The molecule has 0 aromatic carbocycles. The lowest BCUT2D eigenvalue weighted by atomic mass is 9.65. The van der Waals surface area contributed by atoms with Crippen LogP contribution in [-0.2, 0) is 9.59 Å². The largest absolute Gasteiger partial charge is 0.334 e. The molecule has 0 bridgehead atoms. The number of carbonyl (C=O) groups is 2. The van der Waals surface area contributed by atoms with Crippen molar-refractivity contribution in [2.24, 2.45) is 0 Å². The maximum absolute atomic E-state index is 10.6. The van der Waals surface area contributed by atoms with Crippen molar-refractivity contribution < 1.29 is 9.59 Å². The maximum atomic E-state index is 10.6. The first-order valence-corrected chi connectivity index (χ1v) is 2.79. The van der Waals surface area contributed by atoms with Crippen LogP contribution in [0.15, 0.2) is 12.2 Å². The second-order valence-corrected chi connectivity index (χ2v) is 1.75. The van der Waals surface area contributed by atoms with Gasteiger partial charge in [0.2, 0.25) is 19.1 Å². The van der Waals surface area contributed by atoms with Crippen LogP contribution in [0.3, 0.4) is 0 Å². The Hall–Kier alpha value is -0.990. The highest BCUT2D eigenvalue weighted by Gasteiger charge is 2.20. The minimum atomic E-state index is -0.206. The van der Waals surface area contributed by atoms with Crippen molar-refractivity contribution in [2.75, 3.05) is 0 Å². The van der Waals surface area contributed by atoms with E-state index in [4.69, 9.17) is 0 Å². The van der Waals surface area contributed by atoms with E-state index in [0.717, 1.165) is 0 Å². The highest BCUT2D eigenvalue weighted by Crippen LogP contribution is 1.98. The summed E-state index contributed by atoms with van der Waals surface area (Å²) in [6.07, 6.45) is 2.57. The van der Waals surface area contributed by atoms with Crippen LogP contribution in [0, 0.1) is 0 Å². The van der Waals surface area contributed by atoms with Gasteiger partial charge < -0.3 is 4.81 Å². The Morgan fingerprint density at radius 1 is 1.33 bits per heavy atom. The van der Waals surface area contributed by atoms with E-state index in [0.29, 0.717) is 7.31 Å². The Labute approximate surface area is 54.4 Å². The van der Waals surface area contributed by atoms with Gasteiger partial charge in [0, 0.05) is 12.2 Å². The summed E-state index contributed by atoms with van der Waals surface area (Å²) in [6.45, 7) is 0. The molecular formula is C4H5B2NO2. The first-order valence-electron chi connectivity index (χ1n) is 2.79. The summed E-state index contributed by atoms with van der Waals surface area (Å²) in [7, 11) is 2.23. The molecule has 2 amide bonds. The summed E-state index contributed by atoms with van der Waals surface area (Å²) in [4.78, 5) is 22.4. The zero-order valence-electron chi connectivity index (χ0n) is 5.13. The van der Waals surface area contributed by atoms with Crippen molar-refractivity contribution in [2.45, 2.75) is 0 Å². The Morgan fingerprint density at radius 3 is 2.00 bits per heavy atom. The van der Waals surface area contributed by atoms with Gasteiger partial charge in [0.1, 0.15) is 0 Å². The van der Waals surface area contributed by atoms with Crippen molar-refractivity contribution in [3.05, 3.63) is 12.2 Å². The maximum Gasteiger partial charge on any atom is 0.240 e. The normalized spacial score (nSPS) is 17.1. The Balaban J connectivity index is 2.75. The third-order valence-corrected chi connectivity index (χ3v) is 1.22. The third kappa shape index (κ3) is 0.896. The quantitative estimate of drug-likeness (QED) is 0.291. The van der Waals surface area contributed by atoms with Gasteiger partial charge >= 0.3 is 0 Å². The molecule has 0 aromatic heterocycles. The van der Waals surface area contributed by atoms with Crippen molar-refractivity contribution in [1.29, 1.82) is 0 Å². The van der Waals surface area contributed by atoms with Gasteiger partial charge in [0.15, 0.2) is 0 Å². The van der Waals surface area contributed by atoms with Gasteiger partial charge in [-0.3, -0.25) is 9.59 Å². The van der Waals surface area contributed by atoms with Crippen LogP contribution in [0.25, 0.3) is 0 Å². The monoisotopic (exact) mass is 121 g/mol. The van der Waals surface area contributed by atoms with Crippen LogP contribution in [0.4, 0.5) is 0 Å². The number of imide groups is 1. The molecule has 1 aliphatic heterocycles. The zero-order chi connectivity index (χ0) is 6.85. The van der Waals surface area contributed by atoms with Gasteiger partial charge in [-0.05, 0) is 0 Å². The second kappa shape index (κ2) is 2.09. The predicted molar refractivity (Wildman–Crippen MR) is 36.7 cm³/mol. The molecule has 1 rings (SSSR count). The van der Waals surface area contributed by atoms with Crippen molar-refractivity contribution in [1.82, 2.24) is 4.81 Å². The fraction of sp³-hybridized carbons (Fsp3) is 0. The first kappa shape index (κ1) is 6.13. The Kier molecular flexibility index (Phi) is 1.42. The van der Waals surface area contributed by atoms with Crippen LogP contribution in [-0.4, -0.2) is 31.7 Å². The summed E-state index contributed by atoms with van der Waals surface area (Å²) >= 11 is 0. The SMILES string of the molecule is BBN1C(=O)C=CC1=O. The van der Waals surface area contributed by atoms with Gasteiger partial charge in [0.05, 0.1) is 7.74 Å². The molecule has 0 aromatic rings. The molecule has 5 heteroatoms. The van der Waals surface area contributed by atoms with Gasteiger partial charge in [0.25, 0.3) is 0 Å². The molecule has 3 nitrogen and oxygen atoms in total. The van der Waals surface area contributed by atoms with Gasteiger partial charge in [-0.25, -0.2) is 0 Å². The number of hydrogen-bond acceptors (Lipinski definition) is 2. The molecule has 0 aliphatic carbocycles. The summed E-state index contributed by atoms with van der Waals surface area (Å²) in [5.74, 6) is -0.412. The molecule has 9 heavy (non-hydrogen) atoms. The van der Waals surface area contributed by atoms with E-state index >= 15 is 0 Å². The Morgan fingerprint density at radius 2 is 1.78 bits per heavy atom. The minimum absolute atomic E-state index is 0.206. The first-order chi connectivity index (χ1) is 4.25.